The Hall–Kier alpha value is -6.92. The average molecular weight is 645 g/mol. The minimum Gasteiger partial charge on any atom is -0.396 e. The molecule has 238 valence electrons. The van der Waals surface area contributed by atoms with E-state index < -0.39 is 0 Å². The molecular formula is C44H32N6. The van der Waals surface area contributed by atoms with Crippen molar-refractivity contribution in [1.29, 1.82) is 0 Å². The molecule has 0 radical (unpaired) electrons. The summed E-state index contributed by atoms with van der Waals surface area (Å²) in [7, 11) is 0. The first kappa shape index (κ1) is 28.1. The molecule has 0 spiro atoms. The zero-order valence-corrected chi connectivity index (χ0v) is 27.1. The third-order valence-electron chi connectivity index (χ3n) is 9.92. The Labute approximate surface area is 288 Å². The molecule has 0 bridgehead atoms. The highest BCUT2D eigenvalue weighted by atomic mass is 15.2. The third-order valence-corrected chi connectivity index (χ3v) is 9.92. The van der Waals surface area contributed by atoms with Gasteiger partial charge < -0.3 is 11.5 Å². The fourth-order valence-corrected chi connectivity index (χ4v) is 7.78. The van der Waals surface area contributed by atoms with Crippen molar-refractivity contribution < 1.29 is 0 Å². The van der Waals surface area contributed by atoms with E-state index >= 15 is 0 Å². The highest BCUT2D eigenvalue weighted by Gasteiger charge is 2.29. The number of nitrogens with zero attached hydrogens (tertiary/aromatic N) is 4. The van der Waals surface area contributed by atoms with Crippen molar-refractivity contribution in [2.24, 2.45) is 0 Å². The standard InChI is InChI=1S/C44H32N6/c45-41-33-21-9-13-25-37(33)49(39-27-29-15-7-11-23-35(29)47(39)31-17-3-1-4-18-31)43(41)44-42(46)34-22-10-14-26-38(34)50(44)40-28-30-16-8-12-24-36(30)48(40)32-19-5-2-6-20-32/h1-28H,45-46H2. The van der Waals surface area contributed by atoms with Crippen molar-refractivity contribution in [2.45, 2.75) is 0 Å². The lowest BCUT2D eigenvalue weighted by atomic mass is 10.1. The lowest BCUT2D eigenvalue weighted by molar-refractivity contribution is 0.951. The van der Waals surface area contributed by atoms with Crippen LogP contribution < -0.4 is 11.5 Å². The zero-order valence-electron chi connectivity index (χ0n) is 27.1. The van der Waals surface area contributed by atoms with Crippen LogP contribution in [0.15, 0.2) is 170 Å². The van der Waals surface area contributed by atoms with E-state index in [1.165, 1.54) is 0 Å². The zero-order chi connectivity index (χ0) is 33.3. The Morgan fingerprint density at radius 2 is 0.660 bits per heavy atom. The summed E-state index contributed by atoms with van der Waals surface area (Å²) in [6, 6.07) is 59.3. The summed E-state index contributed by atoms with van der Waals surface area (Å²) in [6.07, 6.45) is 0. The van der Waals surface area contributed by atoms with Gasteiger partial charge in [-0.15, -0.1) is 0 Å². The molecule has 10 rings (SSSR count). The highest BCUT2D eigenvalue weighted by molar-refractivity contribution is 6.09. The van der Waals surface area contributed by atoms with Crippen LogP contribution in [0, 0.1) is 0 Å². The molecule has 0 fully saturated rings. The molecule has 0 atom stereocenters. The number of anilines is 2. The van der Waals surface area contributed by atoms with Crippen molar-refractivity contribution in [3.05, 3.63) is 170 Å². The van der Waals surface area contributed by atoms with E-state index in [2.05, 4.69) is 164 Å². The van der Waals surface area contributed by atoms with E-state index in [9.17, 15) is 0 Å². The van der Waals surface area contributed by atoms with E-state index in [-0.39, 0.29) is 0 Å². The van der Waals surface area contributed by atoms with Gasteiger partial charge in [0.1, 0.15) is 11.6 Å². The maximum absolute atomic E-state index is 7.35. The number of hydrogen-bond donors (Lipinski definition) is 2. The number of fused-ring (bicyclic) bond motifs is 4. The molecular weight excluding hydrogens is 613 g/mol. The van der Waals surface area contributed by atoms with Gasteiger partial charge in [-0.2, -0.15) is 0 Å². The van der Waals surface area contributed by atoms with Gasteiger partial charge in [-0.3, -0.25) is 18.3 Å². The number of rotatable bonds is 5. The van der Waals surface area contributed by atoms with Gasteiger partial charge >= 0.3 is 0 Å². The SMILES string of the molecule is Nc1c(-c2c(N)c3ccccc3n2-c2cc3ccccc3n2-c2ccccc2)n(-c2cc3ccccc3n2-c2ccccc2)c2ccccc12. The van der Waals surface area contributed by atoms with Crippen molar-refractivity contribution in [3.8, 4) is 34.4 Å². The van der Waals surface area contributed by atoms with Crippen LogP contribution >= 0.6 is 0 Å². The summed E-state index contributed by atoms with van der Waals surface area (Å²) < 4.78 is 9.23. The molecule has 0 unspecified atom stereocenters. The van der Waals surface area contributed by atoms with Crippen LogP contribution in [0.3, 0.4) is 0 Å². The summed E-state index contributed by atoms with van der Waals surface area (Å²) >= 11 is 0. The quantitative estimate of drug-likeness (QED) is 0.196. The van der Waals surface area contributed by atoms with Gasteiger partial charge in [-0.05, 0) is 60.7 Å². The minimum absolute atomic E-state index is 0.670. The van der Waals surface area contributed by atoms with E-state index in [4.69, 9.17) is 11.5 Å². The first-order valence-corrected chi connectivity index (χ1v) is 16.8. The van der Waals surface area contributed by atoms with Gasteiger partial charge in [0.25, 0.3) is 0 Å². The second-order valence-electron chi connectivity index (χ2n) is 12.7. The Morgan fingerprint density at radius 3 is 1.08 bits per heavy atom. The minimum atomic E-state index is 0.670. The molecule has 4 heterocycles. The molecule has 0 aliphatic rings. The van der Waals surface area contributed by atoms with Crippen molar-refractivity contribution in [1.82, 2.24) is 18.3 Å². The van der Waals surface area contributed by atoms with E-state index in [0.29, 0.717) is 11.4 Å². The molecule has 4 N–H and O–H groups in total. The van der Waals surface area contributed by atoms with E-state index in [1.54, 1.807) is 0 Å². The van der Waals surface area contributed by atoms with Crippen molar-refractivity contribution in [2.75, 3.05) is 11.5 Å². The number of para-hydroxylation sites is 6. The Balaban J connectivity index is 1.39. The molecule has 0 amide bonds. The third kappa shape index (κ3) is 3.96. The monoisotopic (exact) mass is 644 g/mol. The Bertz CT molecular complexity index is 2680. The number of hydrogen-bond acceptors (Lipinski definition) is 2. The summed E-state index contributed by atoms with van der Waals surface area (Å²) in [5.41, 5.74) is 24.0. The highest BCUT2D eigenvalue weighted by Crippen LogP contribution is 2.47. The summed E-state index contributed by atoms with van der Waals surface area (Å²) in [5.74, 6) is 1.94. The van der Waals surface area contributed by atoms with Crippen LogP contribution in [0.1, 0.15) is 0 Å². The molecule has 0 saturated heterocycles. The van der Waals surface area contributed by atoms with Crippen molar-refractivity contribution in [3.63, 3.8) is 0 Å². The molecule has 50 heavy (non-hydrogen) atoms. The lowest BCUT2D eigenvalue weighted by Crippen LogP contribution is -2.10. The molecule has 0 saturated carbocycles. The van der Waals surface area contributed by atoms with E-state index in [0.717, 1.165) is 78.0 Å². The van der Waals surface area contributed by atoms with Crippen LogP contribution in [-0.4, -0.2) is 18.3 Å². The first-order chi connectivity index (χ1) is 24.7. The maximum atomic E-state index is 7.35. The number of aromatic nitrogens is 4. The van der Waals surface area contributed by atoms with Gasteiger partial charge in [-0.25, -0.2) is 0 Å². The first-order valence-electron chi connectivity index (χ1n) is 16.8. The van der Waals surface area contributed by atoms with Gasteiger partial charge in [0.2, 0.25) is 0 Å². The topological polar surface area (TPSA) is 71.8 Å². The molecule has 6 heteroatoms. The largest absolute Gasteiger partial charge is 0.396 e. The van der Waals surface area contributed by atoms with Gasteiger partial charge in [0.05, 0.1) is 44.8 Å². The van der Waals surface area contributed by atoms with Crippen LogP contribution in [0.5, 0.6) is 0 Å². The summed E-state index contributed by atoms with van der Waals surface area (Å²) in [5, 5.41) is 4.19. The second-order valence-corrected chi connectivity index (χ2v) is 12.7. The van der Waals surface area contributed by atoms with Crippen LogP contribution in [0.4, 0.5) is 11.4 Å². The Kier molecular flexibility index (Phi) is 6.08. The molecule has 6 nitrogen and oxygen atoms in total. The number of benzene rings is 6. The van der Waals surface area contributed by atoms with E-state index in [1.807, 2.05) is 24.3 Å². The van der Waals surface area contributed by atoms with Crippen molar-refractivity contribution >= 4 is 55.0 Å². The second kappa shape index (κ2) is 10.8. The molecule has 10 aromatic rings. The normalized spacial score (nSPS) is 11.8. The molecule has 0 aliphatic carbocycles. The number of nitrogen functional groups attached to an aromatic ring is 2. The van der Waals surface area contributed by atoms with Gasteiger partial charge in [0, 0.05) is 32.9 Å². The summed E-state index contributed by atoms with van der Waals surface area (Å²) in [4.78, 5) is 0. The predicted octanol–water partition coefficient (Wildman–Crippen LogP) is 10.3. The summed E-state index contributed by atoms with van der Waals surface area (Å²) in [6.45, 7) is 0. The molecule has 0 aliphatic heterocycles. The van der Waals surface area contributed by atoms with Crippen LogP contribution in [0.25, 0.3) is 78.0 Å². The maximum Gasteiger partial charge on any atom is 0.123 e. The Morgan fingerprint density at radius 1 is 0.320 bits per heavy atom. The molecule has 6 aromatic carbocycles. The average Bonchev–Trinajstić information content (AvgIpc) is 3.90. The fraction of sp³-hybridized carbons (Fsp3) is 0. The molecule has 4 aromatic heterocycles. The van der Waals surface area contributed by atoms with Crippen LogP contribution in [-0.2, 0) is 0 Å². The predicted molar refractivity (Wildman–Crippen MR) is 208 cm³/mol. The van der Waals surface area contributed by atoms with Gasteiger partial charge in [-0.1, -0.05) is 109 Å². The smallest absolute Gasteiger partial charge is 0.123 e. The van der Waals surface area contributed by atoms with Crippen LogP contribution in [0.2, 0.25) is 0 Å². The lowest BCUT2D eigenvalue weighted by Gasteiger charge is -2.19. The van der Waals surface area contributed by atoms with Gasteiger partial charge in [0.15, 0.2) is 0 Å². The number of nitrogens with two attached hydrogens (primary N) is 2. The fourth-order valence-electron chi connectivity index (χ4n) is 7.78.